The number of aryl methyl sites for hydroxylation is 2. The molecule has 27 heavy (non-hydrogen) atoms. The average molecular weight is 374 g/mol. The van der Waals surface area contributed by atoms with Crippen molar-refractivity contribution >= 4 is 5.91 Å². The first-order valence-electron chi connectivity index (χ1n) is 8.96. The van der Waals surface area contributed by atoms with E-state index in [1.807, 2.05) is 32.6 Å². The molecule has 1 fully saturated rings. The molecule has 1 aromatic carbocycles. The van der Waals surface area contributed by atoms with E-state index < -0.39 is 0 Å². The van der Waals surface area contributed by atoms with Crippen LogP contribution >= 0.6 is 0 Å². The number of hydrogen-bond donors (Lipinski definition) is 0. The van der Waals surface area contributed by atoms with Gasteiger partial charge in [0, 0.05) is 18.7 Å². The number of amides is 1. The largest absolute Gasteiger partial charge is 0.493 e. The molecule has 1 aromatic heterocycles. The Morgan fingerprint density at radius 2 is 2.07 bits per heavy atom. The van der Waals surface area contributed by atoms with Crippen LogP contribution in [0.25, 0.3) is 0 Å². The summed E-state index contributed by atoms with van der Waals surface area (Å²) >= 11 is 0. The van der Waals surface area contributed by atoms with Gasteiger partial charge in [-0.25, -0.2) is 0 Å². The molecule has 7 nitrogen and oxygen atoms in total. The molecule has 0 saturated carbocycles. The van der Waals surface area contributed by atoms with E-state index in [0.29, 0.717) is 43.4 Å². The molecule has 7 heteroatoms. The van der Waals surface area contributed by atoms with Gasteiger partial charge in [0.15, 0.2) is 11.5 Å². The lowest BCUT2D eigenvalue weighted by Gasteiger charge is -2.38. The van der Waals surface area contributed by atoms with Crippen molar-refractivity contribution in [2.45, 2.75) is 39.9 Å². The maximum atomic E-state index is 12.9. The quantitative estimate of drug-likeness (QED) is 0.800. The molecule has 0 spiro atoms. The second-order valence-electron chi connectivity index (χ2n) is 7.29. The fourth-order valence-corrected chi connectivity index (χ4v) is 3.15. The molecule has 1 saturated heterocycles. The molecule has 1 aliphatic rings. The number of methoxy groups -OCH3 is 1. The van der Waals surface area contributed by atoms with Gasteiger partial charge < -0.3 is 23.6 Å². The number of benzene rings is 1. The van der Waals surface area contributed by atoms with Gasteiger partial charge in [0.2, 0.25) is 0 Å². The Bertz CT molecular complexity index is 808. The van der Waals surface area contributed by atoms with Crippen LogP contribution in [0, 0.1) is 13.8 Å². The minimum absolute atomic E-state index is 0.0399. The summed E-state index contributed by atoms with van der Waals surface area (Å²) < 4.78 is 22.1. The first kappa shape index (κ1) is 19.2. The van der Waals surface area contributed by atoms with E-state index in [-0.39, 0.29) is 11.5 Å². The molecule has 1 amide bonds. The van der Waals surface area contributed by atoms with Crippen molar-refractivity contribution in [1.29, 1.82) is 0 Å². The van der Waals surface area contributed by atoms with Crippen LogP contribution in [0.5, 0.6) is 11.5 Å². The summed E-state index contributed by atoms with van der Waals surface area (Å²) in [7, 11) is 1.56. The third kappa shape index (κ3) is 4.24. The summed E-state index contributed by atoms with van der Waals surface area (Å²) in [6, 6.07) is 5.24. The summed E-state index contributed by atoms with van der Waals surface area (Å²) in [4.78, 5) is 14.7. The number of ether oxygens (including phenoxy) is 3. The molecule has 2 aromatic rings. The van der Waals surface area contributed by atoms with E-state index in [4.69, 9.17) is 18.7 Å². The normalized spacial score (nSPS) is 16.3. The minimum Gasteiger partial charge on any atom is -0.493 e. The van der Waals surface area contributed by atoms with Crippen molar-refractivity contribution < 1.29 is 23.5 Å². The van der Waals surface area contributed by atoms with Crippen molar-refractivity contribution in [2.75, 3.05) is 26.8 Å². The molecule has 0 radical (unpaired) electrons. The average Bonchev–Trinajstić information content (AvgIpc) is 2.96. The molecule has 0 aliphatic carbocycles. The Hall–Kier alpha value is -2.54. The predicted octanol–water partition coefficient (Wildman–Crippen LogP) is 3.13. The Labute approximate surface area is 159 Å². The second kappa shape index (κ2) is 7.60. The molecule has 1 aliphatic heterocycles. The van der Waals surface area contributed by atoms with Crippen molar-refractivity contribution in [2.24, 2.45) is 0 Å². The number of carbonyl (C=O) groups is 1. The zero-order valence-electron chi connectivity index (χ0n) is 16.5. The van der Waals surface area contributed by atoms with Crippen molar-refractivity contribution in [3.8, 4) is 11.5 Å². The van der Waals surface area contributed by atoms with E-state index in [9.17, 15) is 4.79 Å². The molecule has 2 heterocycles. The van der Waals surface area contributed by atoms with Gasteiger partial charge in [-0.2, -0.15) is 0 Å². The zero-order valence-corrected chi connectivity index (χ0v) is 16.5. The Kier molecular flexibility index (Phi) is 5.41. The van der Waals surface area contributed by atoms with Crippen LogP contribution in [-0.2, 0) is 11.3 Å². The molecule has 0 atom stereocenters. The number of morpholine rings is 1. The summed E-state index contributed by atoms with van der Waals surface area (Å²) in [5.74, 6) is 1.77. The lowest BCUT2D eigenvalue weighted by atomic mass is 10.1. The third-order valence-corrected chi connectivity index (χ3v) is 4.68. The van der Waals surface area contributed by atoms with Crippen LogP contribution < -0.4 is 9.47 Å². The maximum absolute atomic E-state index is 12.9. The van der Waals surface area contributed by atoms with Gasteiger partial charge in [0.05, 0.1) is 30.6 Å². The van der Waals surface area contributed by atoms with Crippen LogP contribution in [-0.4, -0.2) is 48.4 Å². The maximum Gasteiger partial charge on any atom is 0.254 e. The van der Waals surface area contributed by atoms with E-state index in [0.717, 1.165) is 17.0 Å². The van der Waals surface area contributed by atoms with Crippen LogP contribution in [0.15, 0.2) is 22.7 Å². The highest BCUT2D eigenvalue weighted by molar-refractivity contribution is 5.95. The minimum atomic E-state index is -0.338. The Balaban J connectivity index is 1.75. The van der Waals surface area contributed by atoms with Crippen LogP contribution in [0.2, 0.25) is 0 Å². The number of nitrogens with zero attached hydrogens (tertiary/aromatic N) is 2. The summed E-state index contributed by atoms with van der Waals surface area (Å²) in [5, 5.41) is 3.93. The van der Waals surface area contributed by atoms with E-state index in [1.54, 1.807) is 25.3 Å². The van der Waals surface area contributed by atoms with Gasteiger partial charge >= 0.3 is 0 Å². The standard InChI is InChI=1S/C20H26N2O5/c1-13-16(14(2)27-21-13)11-25-17-7-6-15(10-18(17)24-5)19(23)22-8-9-26-20(3,4)12-22/h6-7,10H,8-9,11-12H2,1-5H3. The number of aromatic nitrogens is 1. The molecule has 0 bridgehead atoms. The van der Waals surface area contributed by atoms with E-state index in [1.165, 1.54) is 0 Å². The number of rotatable bonds is 5. The first-order valence-corrected chi connectivity index (χ1v) is 8.96. The molecular weight excluding hydrogens is 348 g/mol. The van der Waals surface area contributed by atoms with Gasteiger partial charge in [-0.3, -0.25) is 4.79 Å². The molecular formula is C20H26N2O5. The first-order chi connectivity index (χ1) is 12.8. The SMILES string of the molecule is COc1cc(C(=O)N2CCOC(C)(C)C2)ccc1OCc1c(C)noc1C. The zero-order chi connectivity index (χ0) is 19.6. The van der Waals surface area contributed by atoms with Crippen LogP contribution in [0.3, 0.4) is 0 Å². The van der Waals surface area contributed by atoms with Crippen LogP contribution in [0.4, 0.5) is 0 Å². The van der Waals surface area contributed by atoms with Gasteiger partial charge in [0.1, 0.15) is 12.4 Å². The summed E-state index contributed by atoms with van der Waals surface area (Å²) in [6.45, 7) is 9.68. The molecule has 146 valence electrons. The van der Waals surface area contributed by atoms with Crippen molar-refractivity contribution in [3.05, 3.63) is 40.8 Å². The highest BCUT2D eigenvalue weighted by Crippen LogP contribution is 2.30. The summed E-state index contributed by atoms with van der Waals surface area (Å²) in [5.41, 5.74) is 1.94. The monoisotopic (exact) mass is 374 g/mol. The smallest absolute Gasteiger partial charge is 0.254 e. The van der Waals surface area contributed by atoms with Gasteiger partial charge in [-0.15, -0.1) is 0 Å². The lowest BCUT2D eigenvalue weighted by Crippen LogP contribution is -2.50. The molecule has 0 unspecified atom stereocenters. The Morgan fingerprint density at radius 3 is 2.70 bits per heavy atom. The third-order valence-electron chi connectivity index (χ3n) is 4.68. The van der Waals surface area contributed by atoms with E-state index in [2.05, 4.69) is 5.16 Å². The Morgan fingerprint density at radius 1 is 1.30 bits per heavy atom. The van der Waals surface area contributed by atoms with Gasteiger partial charge in [0.25, 0.3) is 5.91 Å². The van der Waals surface area contributed by atoms with Crippen molar-refractivity contribution in [3.63, 3.8) is 0 Å². The van der Waals surface area contributed by atoms with Gasteiger partial charge in [-0.1, -0.05) is 5.16 Å². The van der Waals surface area contributed by atoms with Crippen molar-refractivity contribution in [1.82, 2.24) is 10.1 Å². The lowest BCUT2D eigenvalue weighted by molar-refractivity contribution is -0.0764. The second-order valence-corrected chi connectivity index (χ2v) is 7.29. The highest BCUT2D eigenvalue weighted by Gasteiger charge is 2.30. The fraction of sp³-hybridized carbons (Fsp3) is 0.500. The predicted molar refractivity (Wildman–Crippen MR) is 99.2 cm³/mol. The molecule has 3 rings (SSSR count). The van der Waals surface area contributed by atoms with Crippen LogP contribution in [0.1, 0.15) is 41.2 Å². The summed E-state index contributed by atoms with van der Waals surface area (Å²) in [6.07, 6.45) is 0. The molecule has 0 N–H and O–H groups in total. The topological polar surface area (TPSA) is 74.0 Å². The highest BCUT2D eigenvalue weighted by atomic mass is 16.5. The van der Waals surface area contributed by atoms with E-state index >= 15 is 0 Å². The number of carbonyl (C=O) groups excluding carboxylic acids is 1. The fourth-order valence-electron chi connectivity index (χ4n) is 3.15. The number of hydrogen-bond acceptors (Lipinski definition) is 6. The van der Waals surface area contributed by atoms with Gasteiger partial charge in [-0.05, 0) is 45.9 Å².